The fourth-order valence-electron chi connectivity index (χ4n) is 3.11. The number of allylic oxidation sites excluding steroid dienone is 2. The smallest absolute Gasteiger partial charge is 0.334 e. The molecule has 0 atom stereocenters. The Morgan fingerprint density at radius 3 is 2.04 bits per heavy atom. The molecule has 0 spiro atoms. The van der Waals surface area contributed by atoms with Crippen molar-refractivity contribution in [3.05, 3.63) is 58.7 Å². The highest BCUT2D eigenvalue weighted by Gasteiger charge is 2.42. The van der Waals surface area contributed by atoms with Gasteiger partial charge in [0, 0.05) is 16.6 Å². The molecule has 0 unspecified atom stereocenters. The van der Waals surface area contributed by atoms with E-state index in [1.54, 1.807) is 0 Å². The first-order valence-electron chi connectivity index (χ1n) is 7.56. The first kappa shape index (κ1) is 17.0. The second-order valence-corrected chi connectivity index (χ2v) is 5.89. The van der Waals surface area contributed by atoms with E-state index in [0.717, 1.165) is 11.1 Å². The summed E-state index contributed by atoms with van der Waals surface area (Å²) in [5.41, 5.74) is 2.44. The normalized spacial score (nSPS) is 16.2. The molecule has 0 heterocycles. The lowest BCUT2D eigenvalue weighted by Crippen LogP contribution is -2.35. The van der Waals surface area contributed by atoms with Crippen LogP contribution < -0.4 is 0 Å². The van der Waals surface area contributed by atoms with E-state index in [0.29, 0.717) is 24.0 Å². The number of methoxy groups -OCH3 is 2. The molecule has 0 aromatic heterocycles. The average Bonchev–Trinajstić information content (AvgIpc) is 2.55. The Bertz CT molecular complexity index is 650. The Labute approximate surface area is 136 Å². The predicted molar refractivity (Wildman–Crippen MR) is 87.8 cm³/mol. The highest BCUT2D eigenvalue weighted by molar-refractivity contribution is 5.98. The maximum absolute atomic E-state index is 12.2. The number of benzene rings is 1. The van der Waals surface area contributed by atoms with E-state index in [2.05, 4.69) is 0 Å². The van der Waals surface area contributed by atoms with E-state index in [1.807, 2.05) is 50.3 Å². The number of esters is 2. The third kappa shape index (κ3) is 3.21. The molecule has 0 fully saturated rings. The van der Waals surface area contributed by atoms with Gasteiger partial charge in [-0.15, -0.1) is 0 Å². The van der Waals surface area contributed by atoms with Crippen LogP contribution >= 0.6 is 0 Å². The molecule has 1 aromatic carbocycles. The maximum Gasteiger partial charge on any atom is 0.334 e. The van der Waals surface area contributed by atoms with Crippen LogP contribution in [0, 0.1) is 12.3 Å². The third-order valence-electron chi connectivity index (χ3n) is 4.45. The summed E-state index contributed by atoms with van der Waals surface area (Å²) in [6.45, 7) is 3.91. The van der Waals surface area contributed by atoms with E-state index in [-0.39, 0.29) is 0 Å². The molecule has 0 saturated carbocycles. The molecular weight excluding hydrogens is 292 g/mol. The van der Waals surface area contributed by atoms with Crippen LogP contribution in [0.25, 0.3) is 0 Å². The lowest BCUT2D eigenvalue weighted by atomic mass is 9.68. The Kier molecular flexibility index (Phi) is 5.04. The zero-order valence-electron chi connectivity index (χ0n) is 14.0. The van der Waals surface area contributed by atoms with Crippen LogP contribution in [0.15, 0.2) is 47.6 Å². The van der Waals surface area contributed by atoms with Crippen LogP contribution in [-0.2, 0) is 25.5 Å². The van der Waals surface area contributed by atoms with Crippen LogP contribution in [0.5, 0.6) is 0 Å². The summed E-state index contributed by atoms with van der Waals surface area (Å²) in [4.78, 5) is 24.5. The van der Waals surface area contributed by atoms with Crippen molar-refractivity contribution in [3.63, 3.8) is 0 Å². The number of carbonyl (C=O) groups is 2. The van der Waals surface area contributed by atoms with Crippen molar-refractivity contribution in [2.75, 3.05) is 14.2 Å². The molecule has 0 radical (unpaired) electrons. The van der Waals surface area contributed by atoms with Gasteiger partial charge in [0.15, 0.2) is 0 Å². The highest BCUT2D eigenvalue weighted by Crippen LogP contribution is 2.43. The molecule has 4 nitrogen and oxygen atoms in total. The van der Waals surface area contributed by atoms with Crippen molar-refractivity contribution in [2.24, 2.45) is 5.41 Å². The van der Waals surface area contributed by atoms with Gasteiger partial charge in [0.25, 0.3) is 0 Å². The Balaban J connectivity index is 2.51. The van der Waals surface area contributed by atoms with Gasteiger partial charge in [0.1, 0.15) is 0 Å². The van der Waals surface area contributed by atoms with E-state index >= 15 is 0 Å². The third-order valence-corrected chi connectivity index (χ3v) is 4.45. The summed E-state index contributed by atoms with van der Waals surface area (Å²) in [5.74, 6) is -0.814. The molecule has 2 rings (SSSR count). The molecule has 1 aromatic rings. The largest absolute Gasteiger partial charge is 0.466 e. The van der Waals surface area contributed by atoms with Crippen LogP contribution in [0.4, 0.5) is 0 Å². The van der Waals surface area contributed by atoms with Gasteiger partial charge >= 0.3 is 11.9 Å². The Morgan fingerprint density at radius 2 is 1.57 bits per heavy atom. The quantitative estimate of drug-likeness (QED) is 0.801. The topological polar surface area (TPSA) is 52.6 Å². The summed E-state index contributed by atoms with van der Waals surface area (Å²) >= 11 is 0. The molecule has 4 heteroatoms. The maximum atomic E-state index is 12.2. The molecule has 1 aliphatic rings. The molecule has 1 aliphatic carbocycles. The lowest BCUT2D eigenvalue weighted by molar-refractivity contribution is -0.138. The van der Waals surface area contributed by atoms with E-state index in [4.69, 9.17) is 9.47 Å². The van der Waals surface area contributed by atoms with E-state index in [1.165, 1.54) is 14.2 Å². The zero-order valence-corrected chi connectivity index (χ0v) is 14.0. The standard InChI is InChI=1S/C19H22O4/c1-13-8-5-6-9-14(13)12-19(2)15(17(20)22-3)10-7-11-16(19)18(21)23-4/h5-6,8-11H,7,12H2,1-4H3. The number of carbonyl (C=O) groups excluding carboxylic acids is 2. The van der Waals surface area contributed by atoms with Gasteiger partial charge in [0.2, 0.25) is 0 Å². The summed E-state index contributed by atoms with van der Waals surface area (Å²) in [7, 11) is 2.71. The second kappa shape index (κ2) is 6.82. The van der Waals surface area contributed by atoms with Gasteiger partial charge in [0.05, 0.1) is 14.2 Å². The molecule has 23 heavy (non-hydrogen) atoms. The van der Waals surface area contributed by atoms with Gasteiger partial charge in [-0.1, -0.05) is 43.3 Å². The fourth-order valence-corrected chi connectivity index (χ4v) is 3.11. The van der Waals surface area contributed by atoms with E-state index in [9.17, 15) is 9.59 Å². The van der Waals surface area contributed by atoms with Crippen molar-refractivity contribution in [1.82, 2.24) is 0 Å². The zero-order chi connectivity index (χ0) is 17.0. The number of hydrogen-bond acceptors (Lipinski definition) is 4. The van der Waals surface area contributed by atoms with Gasteiger partial charge in [-0.05, 0) is 30.9 Å². The monoisotopic (exact) mass is 314 g/mol. The van der Waals surface area contributed by atoms with Crippen LogP contribution in [0.2, 0.25) is 0 Å². The summed E-state index contributed by atoms with van der Waals surface area (Å²) in [6, 6.07) is 7.96. The first-order chi connectivity index (χ1) is 10.9. The molecule has 0 bridgehead atoms. The van der Waals surface area contributed by atoms with Gasteiger partial charge in [-0.2, -0.15) is 0 Å². The summed E-state index contributed by atoms with van der Waals surface area (Å²) in [5, 5.41) is 0. The SMILES string of the molecule is COC(=O)C1=CCC=C(C(=O)OC)C1(C)Cc1ccccc1C. The van der Waals surface area contributed by atoms with Gasteiger partial charge in [-0.25, -0.2) is 9.59 Å². The van der Waals surface area contributed by atoms with Gasteiger partial charge in [-0.3, -0.25) is 0 Å². The van der Waals surface area contributed by atoms with Crippen LogP contribution in [0.1, 0.15) is 24.5 Å². The number of rotatable bonds is 4. The minimum atomic E-state index is -0.773. The van der Waals surface area contributed by atoms with Crippen LogP contribution in [-0.4, -0.2) is 26.2 Å². The van der Waals surface area contributed by atoms with Crippen molar-refractivity contribution in [3.8, 4) is 0 Å². The average molecular weight is 314 g/mol. The Hall–Kier alpha value is -2.36. The van der Waals surface area contributed by atoms with Crippen molar-refractivity contribution < 1.29 is 19.1 Å². The first-order valence-corrected chi connectivity index (χ1v) is 7.56. The lowest BCUT2D eigenvalue weighted by Gasteiger charge is -2.35. The minimum Gasteiger partial charge on any atom is -0.466 e. The number of hydrogen-bond donors (Lipinski definition) is 0. The fraction of sp³-hybridized carbons (Fsp3) is 0.368. The molecule has 122 valence electrons. The molecular formula is C19H22O4. The molecule has 0 N–H and O–H groups in total. The molecule has 0 amide bonds. The van der Waals surface area contributed by atoms with Gasteiger partial charge < -0.3 is 9.47 Å². The number of ether oxygens (including phenoxy) is 2. The van der Waals surface area contributed by atoms with Crippen molar-refractivity contribution in [1.29, 1.82) is 0 Å². The number of aryl methyl sites for hydroxylation is 1. The Morgan fingerprint density at radius 1 is 1.04 bits per heavy atom. The molecule has 0 aliphatic heterocycles. The van der Waals surface area contributed by atoms with E-state index < -0.39 is 17.4 Å². The summed E-state index contributed by atoms with van der Waals surface area (Å²) in [6.07, 6.45) is 4.70. The minimum absolute atomic E-state index is 0.407. The van der Waals surface area contributed by atoms with Crippen LogP contribution in [0.3, 0.4) is 0 Å². The molecule has 0 saturated heterocycles. The highest BCUT2D eigenvalue weighted by atomic mass is 16.5. The summed E-state index contributed by atoms with van der Waals surface area (Å²) < 4.78 is 9.86. The van der Waals surface area contributed by atoms with Crippen molar-refractivity contribution >= 4 is 11.9 Å². The second-order valence-electron chi connectivity index (χ2n) is 5.89. The van der Waals surface area contributed by atoms with Crippen molar-refractivity contribution in [2.45, 2.75) is 26.7 Å². The predicted octanol–water partition coefficient (Wildman–Crippen LogP) is 3.15.